The van der Waals surface area contributed by atoms with Crippen LogP contribution in [-0.4, -0.2) is 18.5 Å². The van der Waals surface area contributed by atoms with E-state index in [-0.39, 0.29) is 5.70 Å². The van der Waals surface area contributed by atoms with E-state index in [2.05, 4.69) is 11.9 Å². The van der Waals surface area contributed by atoms with Crippen molar-refractivity contribution in [3.8, 4) is 11.5 Å². The van der Waals surface area contributed by atoms with Gasteiger partial charge in [0.15, 0.2) is 11.5 Å². The highest BCUT2D eigenvalue weighted by atomic mass is 35.5. The van der Waals surface area contributed by atoms with Crippen LogP contribution >= 0.6 is 11.6 Å². The SMILES string of the molecule is C=CCc1cc(/C=C2/NC(=O)N(c3cccc(Cl)c3)C2=O)cc(OCC)c1OCc1ccccc1. The zero-order valence-electron chi connectivity index (χ0n) is 19.3. The van der Waals surface area contributed by atoms with E-state index in [9.17, 15) is 9.59 Å². The number of carbonyl (C=O) groups is 2. The molecule has 0 unspecified atom stereocenters. The number of amides is 3. The molecule has 7 heteroatoms. The number of nitrogens with one attached hydrogen (secondary N) is 1. The van der Waals surface area contributed by atoms with Gasteiger partial charge in [0, 0.05) is 10.6 Å². The second kappa shape index (κ2) is 10.9. The van der Waals surface area contributed by atoms with E-state index >= 15 is 0 Å². The number of imide groups is 1. The van der Waals surface area contributed by atoms with Gasteiger partial charge in [0.05, 0.1) is 12.3 Å². The number of ether oxygens (including phenoxy) is 2. The third-order valence-electron chi connectivity index (χ3n) is 5.30. The number of anilines is 1. The molecule has 0 spiro atoms. The molecule has 1 heterocycles. The molecule has 0 bridgehead atoms. The van der Waals surface area contributed by atoms with Gasteiger partial charge in [0.25, 0.3) is 5.91 Å². The Kier molecular flexibility index (Phi) is 7.53. The average molecular weight is 489 g/mol. The van der Waals surface area contributed by atoms with Crippen molar-refractivity contribution in [2.45, 2.75) is 20.0 Å². The van der Waals surface area contributed by atoms with Crippen LogP contribution in [0.1, 0.15) is 23.6 Å². The number of nitrogens with zero attached hydrogens (tertiary/aromatic N) is 1. The molecular weight excluding hydrogens is 464 g/mol. The van der Waals surface area contributed by atoms with Gasteiger partial charge in [0.2, 0.25) is 0 Å². The maximum Gasteiger partial charge on any atom is 0.333 e. The molecule has 0 aliphatic carbocycles. The van der Waals surface area contributed by atoms with Crippen molar-refractivity contribution < 1.29 is 19.1 Å². The third-order valence-corrected chi connectivity index (χ3v) is 5.53. The van der Waals surface area contributed by atoms with E-state index in [1.54, 1.807) is 42.5 Å². The summed E-state index contributed by atoms with van der Waals surface area (Å²) in [6.07, 6.45) is 3.94. The second-order valence-corrected chi connectivity index (χ2v) is 8.25. The summed E-state index contributed by atoms with van der Waals surface area (Å²) in [6.45, 7) is 6.57. The summed E-state index contributed by atoms with van der Waals surface area (Å²) in [5, 5.41) is 3.08. The molecule has 3 aromatic carbocycles. The summed E-state index contributed by atoms with van der Waals surface area (Å²) in [7, 11) is 0. The molecule has 0 saturated carbocycles. The lowest BCUT2D eigenvalue weighted by molar-refractivity contribution is -0.113. The fourth-order valence-corrected chi connectivity index (χ4v) is 3.97. The van der Waals surface area contributed by atoms with E-state index in [1.165, 1.54) is 0 Å². The normalized spacial score (nSPS) is 14.2. The van der Waals surface area contributed by atoms with Crippen LogP contribution in [-0.2, 0) is 17.8 Å². The van der Waals surface area contributed by atoms with Crippen LogP contribution in [0.4, 0.5) is 10.5 Å². The van der Waals surface area contributed by atoms with Crippen LogP contribution < -0.4 is 19.7 Å². The molecule has 6 nitrogen and oxygen atoms in total. The van der Waals surface area contributed by atoms with Crippen molar-refractivity contribution in [1.29, 1.82) is 0 Å². The molecule has 0 aromatic heterocycles. The van der Waals surface area contributed by atoms with Crippen LogP contribution in [0, 0.1) is 0 Å². The molecule has 1 aliphatic rings. The Hall–Kier alpha value is -4.03. The van der Waals surface area contributed by atoms with E-state index in [0.717, 1.165) is 16.0 Å². The first kappa shape index (κ1) is 24.1. The lowest BCUT2D eigenvalue weighted by atomic mass is 10.0. The highest BCUT2D eigenvalue weighted by molar-refractivity contribution is 6.32. The smallest absolute Gasteiger partial charge is 0.333 e. The maximum atomic E-state index is 13.0. The minimum absolute atomic E-state index is 0.153. The molecule has 0 radical (unpaired) electrons. The van der Waals surface area contributed by atoms with Crippen molar-refractivity contribution in [2.75, 3.05) is 11.5 Å². The molecule has 3 aromatic rings. The van der Waals surface area contributed by atoms with E-state index in [1.807, 2.05) is 43.3 Å². The molecule has 1 saturated heterocycles. The molecule has 4 rings (SSSR count). The zero-order valence-corrected chi connectivity index (χ0v) is 20.0. The molecule has 35 heavy (non-hydrogen) atoms. The van der Waals surface area contributed by atoms with Crippen molar-refractivity contribution in [2.24, 2.45) is 0 Å². The van der Waals surface area contributed by atoms with Crippen molar-refractivity contribution in [3.63, 3.8) is 0 Å². The quantitative estimate of drug-likeness (QED) is 0.223. The standard InChI is InChI=1S/C28H25ClN2O4/c1-3-9-21-14-20(16-25(34-4-2)26(21)35-18-19-10-6-5-7-11-19)15-24-27(32)31(28(33)30-24)23-13-8-12-22(29)17-23/h3,5-8,10-17H,1,4,9,18H2,2H3,(H,30,33)/b24-15+. The summed E-state index contributed by atoms with van der Waals surface area (Å²) in [5.41, 5.74) is 3.13. The largest absolute Gasteiger partial charge is 0.490 e. The van der Waals surface area contributed by atoms with Crippen LogP contribution in [0.5, 0.6) is 11.5 Å². The average Bonchev–Trinajstić information content (AvgIpc) is 3.12. The van der Waals surface area contributed by atoms with Crippen LogP contribution in [0.3, 0.4) is 0 Å². The Morgan fingerprint density at radius 3 is 2.54 bits per heavy atom. The van der Waals surface area contributed by atoms with Gasteiger partial charge in [0.1, 0.15) is 12.3 Å². The summed E-state index contributed by atoms with van der Waals surface area (Å²) in [5.74, 6) is 0.711. The van der Waals surface area contributed by atoms with Gasteiger partial charge < -0.3 is 14.8 Å². The molecule has 1 fully saturated rings. The Balaban J connectivity index is 1.67. The summed E-state index contributed by atoms with van der Waals surface area (Å²) in [4.78, 5) is 26.7. The first-order chi connectivity index (χ1) is 17.0. The Bertz CT molecular complexity index is 1290. The Morgan fingerprint density at radius 2 is 1.83 bits per heavy atom. The van der Waals surface area contributed by atoms with Gasteiger partial charge in [-0.3, -0.25) is 4.79 Å². The Labute approximate surface area is 209 Å². The number of urea groups is 1. The molecule has 1 N–H and O–H groups in total. The maximum absolute atomic E-state index is 13.0. The van der Waals surface area contributed by atoms with E-state index in [0.29, 0.717) is 47.4 Å². The first-order valence-electron chi connectivity index (χ1n) is 11.2. The highest BCUT2D eigenvalue weighted by Crippen LogP contribution is 2.36. The minimum Gasteiger partial charge on any atom is -0.490 e. The Morgan fingerprint density at radius 1 is 1.03 bits per heavy atom. The van der Waals surface area contributed by atoms with Crippen LogP contribution in [0.25, 0.3) is 6.08 Å². The third kappa shape index (κ3) is 5.55. The molecular formula is C28H25ClN2O4. The highest BCUT2D eigenvalue weighted by Gasteiger charge is 2.35. The lowest BCUT2D eigenvalue weighted by Crippen LogP contribution is -2.30. The van der Waals surface area contributed by atoms with Gasteiger partial charge in [-0.15, -0.1) is 6.58 Å². The zero-order chi connectivity index (χ0) is 24.8. The van der Waals surface area contributed by atoms with Crippen LogP contribution in [0.2, 0.25) is 5.02 Å². The van der Waals surface area contributed by atoms with Crippen molar-refractivity contribution in [3.05, 3.63) is 107 Å². The number of hydrogen-bond donors (Lipinski definition) is 1. The van der Waals surface area contributed by atoms with Crippen molar-refractivity contribution >= 4 is 35.3 Å². The second-order valence-electron chi connectivity index (χ2n) is 7.82. The van der Waals surface area contributed by atoms with Gasteiger partial charge >= 0.3 is 6.03 Å². The molecule has 1 aliphatic heterocycles. The molecule has 0 atom stereocenters. The van der Waals surface area contributed by atoms with E-state index < -0.39 is 11.9 Å². The van der Waals surface area contributed by atoms with E-state index in [4.69, 9.17) is 21.1 Å². The number of allylic oxidation sites excluding steroid dienone is 1. The monoisotopic (exact) mass is 488 g/mol. The fraction of sp³-hybridized carbons (Fsp3) is 0.143. The summed E-state index contributed by atoms with van der Waals surface area (Å²) in [6, 6.07) is 19.6. The number of halogens is 1. The lowest BCUT2D eigenvalue weighted by Gasteiger charge is -2.17. The summed E-state index contributed by atoms with van der Waals surface area (Å²) < 4.78 is 12.0. The summed E-state index contributed by atoms with van der Waals surface area (Å²) >= 11 is 6.04. The topological polar surface area (TPSA) is 67.9 Å². The predicted octanol–water partition coefficient (Wildman–Crippen LogP) is 6.14. The minimum atomic E-state index is -0.539. The van der Waals surface area contributed by atoms with Crippen molar-refractivity contribution in [1.82, 2.24) is 5.32 Å². The number of carbonyl (C=O) groups excluding carboxylic acids is 2. The van der Waals surface area contributed by atoms with Gasteiger partial charge in [-0.25, -0.2) is 9.69 Å². The first-order valence-corrected chi connectivity index (χ1v) is 11.6. The number of rotatable bonds is 9. The van der Waals surface area contributed by atoms with Gasteiger partial charge in [-0.05, 0) is 60.9 Å². The molecule has 178 valence electrons. The fourth-order valence-electron chi connectivity index (χ4n) is 3.78. The van der Waals surface area contributed by atoms with Gasteiger partial charge in [-0.2, -0.15) is 0 Å². The number of hydrogen-bond acceptors (Lipinski definition) is 4. The van der Waals surface area contributed by atoms with Crippen LogP contribution in [0.15, 0.2) is 85.1 Å². The predicted molar refractivity (Wildman–Crippen MR) is 138 cm³/mol. The number of benzene rings is 3. The molecule has 3 amide bonds. The van der Waals surface area contributed by atoms with Gasteiger partial charge in [-0.1, -0.05) is 54.1 Å².